The summed E-state index contributed by atoms with van der Waals surface area (Å²) in [4.78, 5) is 21.5. The maximum atomic E-state index is 12.4. The largest absolute Gasteiger partial charge is 0.491 e. The van der Waals surface area contributed by atoms with Crippen LogP contribution in [0.4, 0.5) is 5.69 Å². The summed E-state index contributed by atoms with van der Waals surface area (Å²) in [5.41, 5.74) is 6.13. The Bertz CT molecular complexity index is 968. The van der Waals surface area contributed by atoms with E-state index in [1.54, 1.807) is 0 Å². The van der Waals surface area contributed by atoms with Gasteiger partial charge in [0.1, 0.15) is 5.75 Å². The van der Waals surface area contributed by atoms with E-state index in [1.165, 1.54) is 22.4 Å². The number of anilines is 1. The third kappa shape index (κ3) is 3.81. The summed E-state index contributed by atoms with van der Waals surface area (Å²) < 4.78 is 5.77. The van der Waals surface area contributed by atoms with Crippen molar-refractivity contribution in [3.8, 4) is 5.75 Å². The van der Waals surface area contributed by atoms with Crippen LogP contribution in [0.2, 0.25) is 0 Å². The van der Waals surface area contributed by atoms with E-state index in [0.29, 0.717) is 11.8 Å². The quantitative estimate of drug-likeness (QED) is 0.756. The Morgan fingerprint density at radius 3 is 2.47 bits per heavy atom. The Morgan fingerprint density at radius 1 is 1.07 bits per heavy atom. The van der Waals surface area contributed by atoms with Crippen LogP contribution in [0, 0.1) is 5.92 Å². The Labute approximate surface area is 178 Å². The number of ether oxygens (including phenoxy) is 1. The summed E-state index contributed by atoms with van der Waals surface area (Å²) in [7, 11) is 0. The minimum Gasteiger partial charge on any atom is -0.491 e. The molecule has 2 aliphatic carbocycles. The molecule has 5 nitrogen and oxygen atoms in total. The van der Waals surface area contributed by atoms with Crippen LogP contribution in [-0.2, 0) is 11.2 Å². The molecule has 5 rings (SSSR count). The minimum absolute atomic E-state index is 0.178. The normalized spacial score (nSPS) is 18.4. The average Bonchev–Trinajstić information content (AvgIpc) is 3.51. The maximum absolute atomic E-state index is 12.4. The number of pyridine rings is 1. The summed E-state index contributed by atoms with van der Waals surface area (Å²) >= 11 is 0. The topological polar surface area (TPSA) is 45.7 Å². The molecule has 5 heteroatoms. The van der Waals surface area contributed by atoms with Crippen molar-refractivity contribution in [2.24, 2.45) is 5.92 Å². The van der Waals surface area contributed by atoms with E-state index >= 15 is 0 Å². The van der Waals surface area contributed by atoms with Gasteiger partial charge in [0.05, 0.1) is 11.8 Å². The molecule has 1 aromatic heterocycles. The van der Waals surface area contributed by atoms with Crippen LogP contribution in [0.15, 0.2) is 36.5 Å². The number of fused-ring (bicyclic) bond motifs is 1. The van der Waals surface area contributed by atoms with E-state index in [0.717, 1.165) is 56.9 Å². The predicted molar refractivity (Wildman–Crippen MR) is 120 cm³/mol. The first kappa shape index (κ1) is 19.2. The molecule has 30 heavy (non-hydrogen) atoms. The maximum Gasteiger partial charge on any atom is 0.225 e. The van der Waals surface area contributed by atoms with Gasteiger partial charge < -0.3 is 14.5 Å². The fraction of sp³-hybridized carbons (Fsp3) is 0.440. The van der Waals surface area contributed by atoms with Gasteiger partial charge in [0, 0.05) is 56.0 Å². The molecule has 2 heterocycles. The molecule has 0 radical (unpaired) electrons. The molecule has 156 valence electrons. The van der Waals surface area contributed by atoms with Crippen LogP contribution in [-0.4, -0.2) is 48.1 Å². The molecule has 2 aromatic rings. The first-order valence-electron chi connectivity index (χ1n) is 11.1. The van der Waals surface area contributed by atoms with E-state index in [-0.39, 0.29) is 6.10 Å². The zero-order valence-electron chi connectivity index (χ0n) is 17.8. The van der Waals surface area contributed by atoms with Crippen molar-refractivity contribution in [1.29, 1.82) is 0 Å². The van der Waals surface area contributed by atoms with Gasteiger partial charge in [-0.3, -0.25) is 9.78 Å². The third-order valence-corrected chi connectivity index (χ3v) is 6.18. The van der Waals surface area contributed by atoms with Gasteiger partial charge >= 0.3 is 0 Å². The van der Waals surface area contributed by atoms with Crippen molar-refractivity contribution in [2.45, 2.75) is 39.2 Å². The first-order chi connectivity index (χ1) is 14.6. The summed E-state index contributed by atoms with van der Waals surface area (Å²) in [6.07, 6.45) is 7.40. The number of hydrogen-bond acceptors (Lipinski definition) is 4. The number of carbonyl (C=O) groups is 1. The lowest BCUT2D eigenvalue weighted by molar-refractivity contribution is -0.132. The van der Waals surface area contributed by atoms with Crippen LogP contribution in [0.25, 0.3) is 11.6 Å². The van der Waals surface area contributed by atoms with Crippen molar-refractivity contribution < 1.29 is 9.53 Å². The molecule has 3 aliphatic rings. The molecule has 1 aliphatic heterocycles. The molecule has 1 amide bonds. The lowest BCUT2D eigenvalue weighted by atomic mass is 10.1. The standard InChI is InChI=1S/C25H29N3O2/c1-17(2)30-21-7-5-18(6-8-21)20-15-22-23(16-20)26-10-9-24(22)27-11-13-28(14-12-27)25(29)19-3-4-19/h5-10,15,17,19H,3-4,11-14,16H2,1-2H3. The highest BCUT2D eigenvalue weighted by Gasteiger charge is 2.35. The minimum atomic E-state index is 0.178. The van der Waals surface area contributed by atoms with Gasteiger partial charge in [-0.15, -0.1) is 0 Å². The van der Waals surface area contributed by atoms with E-state index in [1.807, 2.05) is 32.2 Å². The van der Waals surface area contributed by atoms with E-state index in [2.05, 4.69) is 39.1 Å². The molecule has 0 bridgehead atoms. The Kier molecular flexibility index (Phi) is 4.97. The number of amides is 1. The molecule has 0 N–H and O–H groups in total. The van der Waals surface area contributed by atoms with Crippen molar-refractivity contribution >= 4 is 23.2 Å². The molecule has 1 aromatic carbocycles. The van der Waals surface area contributed by atoms with E-state index in [4.69, 9.17) is 4.74 Å². The van der Waals surface area contributed by atoms with E-state index < -0.39 is 0 Å². The molecular formula is C25H29N3O2. The van der Waals surface area contributed by atoms with Crippen molar-refractivity contribution in [3.05, 3.63) is 53.3 Å². The summed E-state index contributed by atoms with van der Waals surface area (Å²) in [5, 5.41) is 0. The molecular weight excluding hydrogens is 374 g/mol. The van der Waals surface area contributed by atoms with E-state index in [9.17, 15) is 4.79 Å². The number of rotatable bonds is 5. The van der Waals surface area contributed by atoms with Gasteiger partial charge in [-0.2, -0.15) is 0 Å². The highest BCUT2D eigenvalue weighted by Crippen LogP contribution is 2.37. The summed E-state index contributed by atoms with van der Waals surface area (Å²) in [6.45, 7) is 7.50. The Balaban J connectivity index is 1.32. The van der Waals surface area contributed by atoms with Crippen LogP contribution in [0.5, 0.6) is 5.75 Å². The van der Waals surface area contributed by atoms with Gasteiger partial charge in [0.2, 0.25) is 5.91 Å². The average molecular weight is 404 g/mol. The third-order valence-electron chi connectivity index (χ3n) is 6.18. The second-order valence-corrected chi connectivity index (χ2v) is 8.81. The summed E-state index contributed by atoms with van der Waals surface area (Å²) in [5.74, 6) is 1.58. The first-order valence-corrected chi connectivity index (χ1v) is 11.1. The second kappa shape index (κ2) is 7.78. The molecule has 0 spiro atoms. The van der Waals surface area contributed by atoms with Crippen LogP contribution >= 0.6 is 0 Å². The van der Waals surface area contributed by atoms with Gasteiger partial charge in [-0.1, -0.05) is 12.1 Å². The molecule has 2 fully saturated rings. The number of carbonyl (C=O) groups excluding carboxylic acids is 1. The van der Waals surface area contributed by atoms with Crippen LogP contribution < -0.4 is 9.64 Å². The van der Waals surface area contributed by atoms with Gasteiger partial charge in [0.15, 0.2) is 0 Å². The zero-order chi connectivity index (χ0) is 20.7. The van der Waals surface area contributed by atoms with Crippen molar-refractivity contribution in [2.75, 3.05) is 31.1 Å². The zero-order valence-corrected chi connectivity index (χ0v) is 17.8. The predicted octanol–water partition coefficient (Wildman–Crippen LogP) is 4.02. The smallest absolute Gasteiger partial charge is 0.225 e. The van der Waals surface area contributed by atoms with Gasteiger partial charge in [0.25, 0.3) is 0 Å². The number of nitrogens with zero attached hydrogens (tertiary/aromatic N) is 3. The highest BCUT2D eigenvalue weighted by atomic mass is 16.5. The fourth-order valence-electron chi connectivity index (χ4n) is 4.45. The fourth-order valence-corrected chi connectivity index (χ4v) is 4.45. The second-order valence-electron chi connectivity index (χ2n) is 8.81. The monoisotopic (exact) mass is 403 g/mol. The van der Waals surface area contributed by atoms with Crippen molar-refractivity contribution in [3.63, 3.8) is 0 Å². The van der Waals surface area contributed by atoms with Gasteiger partial charge in [-0.25, -0.2) is 0 Å². The van der Waals surface area contributed by atoms with Gasteiger partial charge in [-0.05, 0) is 62.1 Å². The number of hydrogen-bond donors (Lipinski definition) is 0. The molecule has 0 unspecified atom stereocenters. The van der Waals surface area contributed by atoms with Crippen LogP contribution in [0.1, 0.15) is 43.5 Å². The number of allylic oxidation sites excluding steroid dienone is 1. The molecule has 1 saturated carbocycles. The Hall–Kier alpha value is -2.82. The molecule has 0 atom stereocenters. The van der Waals surface area contributed by atoms with Crippen LogP contribution in [0.3, 0.4) is 0 Å². The molecule has 1 saturated heterocycles. The summed E-state index contributed by atoms with van der Waals surface area (Å²) in [6, 6.07) is 10.5. The lowest BCUT2D eigenvalue weighted by Gasteiger charge is -2.37. The lowest BCUT2D eigenvalue weighted by Crippen LogP contribution is -2.49. The number of aromatic nitrogens is 1. The Morgan fingerprint density at radius 2 is 1.80 bits per heavy atom. The highest BCUT2D eigenvalue weighted by molar-refractivity contribution is 5.92. The number of benzene rings is 1. The SMILES string of the molecule is CC(C)Oc1ccc(C2=Cc3c(N4CCN(C(=O)C5CC5)CC4)ccnc3C2)cc1. The number of piperazine rings is 1. The van der Waals surface area contributed by atoms with Crippen molar-refractivity contribution in [1.82, 2.24) is 9.88 Å².